The maximum atomic E-state index is 12.5. The van der Waals surface area contributed by atoms with Crippen molar-refractivity contribution in [2.75, 3.05) is 13.2 Å². The van der Waals surface area contributed by atoms with Gasteiger partial charge in [0, 0.05) is 23.5 Å². The van der Waals surface area contributed by atoms with Gasteiger partial charge >= 0.3 is 12.0 Å². The van der Waals surface area contributed by atoms with E-state index in [1.54, 1.807) is 12.1 Å². The molecular formula is C20H25N3O5. The van der Waals surface area contributed by atoms with E-state index in [0.717, 1.165) is 29.1 Å². The van der Waals surface area contributed by atoms with Crippen molar-refractivity contribution >= 4 is 23.7 Å². The number of Topliss-reactive ketones (excluding diaryl/α,β-unsaturated/α-hetero) is 1. The maximum Gasteiger partial charge on any atom is 0.326 e. The lowest BCUT2D eigenvalue weighted by Crippen LogP contribution is -2.44. The lowest BCUT2D eigenvalue weighted by Gasteiger charge is -2.19. The molecule has 2 heterocycles. The minimum atomic E-state index is -0.865. The third kappa shape index (κ3) is 3.46. The predicted octanol–water partition coefficient (Wildman–Crippen LogP) is 1.88. The smallest absolute Gasteiger partial charge is 0.326 e. The zero-order valence-electron chi connectivity index (χ0n) is 16.2. The summed E-state index contributed by atoms with van der Waals surface area (Å²) >= 11 is 0. The van der Waals surface area contributed by atoms with Crippen LogP contribution in [0.4, 0.5) is 4.79 Å². The van der Waals surface area contributed by atoms with Gasteiger partial charge in [-0.3, -0.25) is 19.3 Å². The van der Waals surface area contributed by atoms with E-state index in [-0.39, 0.29) is 11.7 Å². The van der Waals surface area contributed by atoms with Gasteiger partial charge in [0.05, 0.1) is 0 Å². The van der Waals surface area contributed by atoms with Gasteiger partial charge < -0.3 is 14.6 Å². The highest BCUT2D eigenvalue weighted by Gasteiger charge is 2.52. The van der Waals surface area contributed by atoms with Crippen LogP contribution in [0, 0.1) is 13.8 Å². The fourth-order valence-electron chi connectivity index (χ4n) is 4.03. The molecule has 2 aliphatic rings. The monoisotopic (exact) mass is 387 g/mol. The summed E-state index contributed by atoms with van der Waals surface area (Å²) in [7, 11) is 0. The van der Waals surface area contributed by atoms with Crippen molar-refractivity contribution in [1.82, 2.24) is 14.8 Å². The van der Waals surface area contributed by atoms with Crippen molar-refractivity contribution in [3.05, 3.63) is 35.7 Å². The Labute approximate surface area is 163 Å². The first-order valence-corrected chi connectivity index (χ1v) is 9.39. The number of imide groups is 1. The van der Waals surface area contributed by atoms with Crippen LogP contribution in [0.5, 0.6) is 0 Å². The number of ketones is 1. The molecule has 150 valence electrons. The molecule has 2 fully saturated rings. The van der Waals surface area contributed by atoms with E-state index in [2.05, 4.69) is 11.9 Å². The molecule has 0 unspecified atom stereocenters. The second kappa shape index (κ2) is 7.61. The first-order valence-electron chi connectivity index (χ1n) is 9.39. The van der Waals surface area contributed by atoms with E-state index < -0.39 is 30.7 Å². The molecule has 0 bridgehead atoms. The Kier molecular flexibility index (Phi) is 5.40. The zero-order chi connectivity index (χ0) is 20.5. The lowest BCUT2D eigenvalue weighted by atomic mass is 9.98. The molecule has 1 aliphatic heterocycles. The topological polar surface area (TPSA) is 97.7 Å². The van der Waals surface area contributed by atoms with Gasteiger partial charge in [-0.1, -0.05) is 18.9 Å². The van der Waals surface area contributed by atoms with Crippen LogP contribution < -0.4 is 5.32 Å². The standard InChI is InChI=1S/C20H25N3O5/c1-4-9-22-13(2)10-15(14(22)3)16(24)12-28-17(25)11-23-18(26)20(21-19(23)27)7-5-6-8-20/h4,10H,1,5-9,11-12H2,2-3H3,(H,21,27). The predicted molar refractivity (Wildman–Crippen MR) is 101 cm³/mol. The van der Waals surface area contributed by atoms with Crippen LogP contribution in [0.25, 0.3) is 0 Å². The van der Waals surface area contributed by atoms with E-state index in [1.165, 1.54) is 0 Å². The summed E-state index contributed by atoms with van der Waals surface area (Å²) in [5.41, 5.74) is 1.30. The highest BCUT2D eigenvalue weighted by Crippen LogP contribution is 2.34. The van der Waals surface area contributed by atoms with Crippen molar-refractivity contribution in [3.8, 4) is 0 Å². The number of nitrogens with zero attached hydrogens (tertiary/aromatic N) is 2. The summed E-state index contributed by atoms with van der Waals surface area (Å²) < 4.78 is 6.98. The number of aromatic nitrogens is 1. The molecule has 3 rings (SSSR count). The van der Waals surface area contributed by atoms with Crippen LogP contribution in [0.3, 0.4) is 0 Å². The van der Waals surface area contributed by atoms with Gasteiger partial charge in [-0.05, 0) is 32.8 Å². The zero-order valence-corrected chi connectivity index (χ0v) is 16.2. The summed E-state index contributed by atoms with van der Waals surface area (Å²) in [5, 5.41) is 2.71. The summed E-state index contributed by atoms with van der Waals surface area (Å²) in [6.07, 6.45) is 4.64. The Bertz CT molecular complexity index is 848. The average molecular weight is 387 g/mol. The SMILES string of the molecule is C=CCn1c(C)cc(C(=O)COC(=O)CN2C(=O)NC3(CCCC3)C2=O)c1C. The molecule has 0 atom stereocenters. The number of aryl methyl sites for hydroxylation is 1. The Balaban J connectivity index is 1.58. The van der Waals surface area contributed by atoms with Gasteiger partial charge in [-0.25, -0.2) is 4.79 Å². The molecule has 1 saturated heterocycles. The van der Waals surface area contributed by atoms with Crippen LogP contribution in [-0.2, 0) is 20.9 Å². The number of urea groups is 1. The Morgan fingerprint density at radius 1 is 1.29 bits per heavy atom. The van der Waals surface area contributed by atoms with E-state index in [4.69, 9.17) is 4.74 Å². The highest BCUT2D eigenvalue weighted by atomic mass is 16.5. The summed E-state index contributed by atoms with van der Waals surface area (Å²) in [5.74, 6) is -1.50. The quantitative estimate of drug-likeness (QED) is 0.333. The molecule has 3 amide bonds. The first kappa shape index (κ1) is 19.9. The number of amides is 3. The lowest BCUT2D eigenvalue weighted by molar-refractivity contribution is -0.146. The van der Waals surface area contributed by atoms with Gasteiger partial charge in [0.2, 0.25) is 5.78 Å². The third-order valence-electron chi connectivity index (χ3n) is 5.54. The van der Waals surface area contributed by atoms with Gasteiger partial charge in [0.1, 0.15) is 12.1 Å². The van der Waals surface area contributed by atoms with Gasteiger partial charge in [-0.15, -0.1) is 6.58 Å². The minimum Gasteiger partial charge on any atom is -0.456 e. The van der Waals surface area contributed by atoms with Gasteiger partial charge in [0.15, 0.2) is 6.61 Å². The normalized spacial score (nSPS) is 17.9. The second-order valence-electron chi connectivity index (χ2n) is 7.38. The van der Waals surface area contributed by atoms with Crippen molar-refractivity contribution in [1.29, 1.82) is 0 Å². The molecule has 8 nitrogen and oxygen atoms in total. The first-order chi connectivity index (χ1) is 13.3. The summed E-state index contributed by atoms with van der Waals surface area (Å²) in [6, 6.07) is 1.17. The van der Waals surface area contributed by atoms with E-state index in [9.17, 15) is 19.2 Å². The minimum absolute atomic E-state index is 0.332. The largest absolute Gasteiger partial charge is 0.456 e. The fourth-order valence-corrected chi connectivity index (χ4v) is 4.03. The molecule has 28 heavy (non-hydrogen) atoms. The number of carbonyl (C=O) groups excluding carboxylic acids is 4. The third-order valence-corrected chi connectivity index (χ3v) is 5.54. The molecule has 1 aliphatic carbocycles. The molecule has 1 saturated carbocycles. The average Bonchev–Trinajstić information content (AvgIpc) is 3.30. The molecule has 1 aromatic heterocycles. The van der Waals surface area contributed by atoms with Gasteiger partial charge in [-0.2, -0.15) is 0 Å². The number of allylic oxidation sites excluding steroid dienone is 1. The van der Waals surface area contributed by atoms with E-state index >= 15 is 0 Å². The van der Waals surface area contributed by atoms with Crippen LogP contribution in [0.15, 0.2) is 18.7 Å². The van der Waals surface area contributed by atoms with Crippen LogP contribution in [-0.4, -0.2) is 51.8 Å². The molecule has 0 aromatic carbocycles. The number of nitrogens with one attached hydrogen (secondary N) is 1. The molecule has 1 aromatic rings. The van der Waals surface area contributed by atoms with Crippen molar-refractivity contribution in [2.24, 2.45) is 0 Å². The van der Waals surface area contributed by atoms with Crippen LogP contribution in [0.1, 0.15) is 47.4 Å². The van der Waals surface area contributed by atoms with Crippen LogP contribution >= 0.6 is 0 Å². The number of hydrogen-bond donors (Lipinski definition) is 1. The molecule has 1 N–H and O–H groups in total. The summed E-state index contributed by atoms with van der Waals surface area (Å²) in [4.78, 5) is 50.1. The Hall–Kier alpha value is -2.90. The molecule has 8 heteroatoms. The fraction of sp³-hybridized carbons (Fsp3) is 0.500. The molecule has 0 radical (unpaired) electrons. The number of hydrogen-bond acceptors (Lipinski definition) is 5. The Morgan fingerprint density at radius 3 is 2.61 bits per heavy atom. The van der Waals surface area contributed by atoms with Crippen LogP contribution in [0.2, 0.25) is 0 Å². The number of esters is 1. The summed E-state index contributed by atoms with van der Waals surface area (Å²) in [6.45, 7) is 7.06. The van der Waals surface area contributed by atoms with E-state index in [1.807, 2.05) is 18.4 Å². The van der Waals surface area contributed by atoms with Gasteiger partial charge in [0.25, 0.3) is 5.91 Å². The Morgan fingerprint density at radius 2 is 1.96 bits per heavy atom. The van der Waals surface area contributed by atoms with Crippen molar-refractivity contribution < 1.29 is 23.9 Å². The maximum absolute atomic E-state index is 12.5. The number of rotatable bonds is 7. The molecular weight excluding hydrogens is 362 g/mol. The van der Waals surface area contributed by atoms with E-state index in [0.29, 0.717) is 24.9 Å². The highest BCUT2D eigenvalue weighted by molar-refractivity contribution is 6.09. The second-order valence-corrected chi connectivity index (χ2v) is 7.38. The van der Waals surface area contributed by atoms with Crippen molar-refractivity contribution in [3.63, 3.8) is 0 Å². The van der Waals surface area contributed by atoms with Crippen molar-refractivity contribution in [2.45, 2.75) is 51.6 Å². The number of carbonyl (C=O) groups is 4. The number of ether oxygens (including phenoxy) is 1. The molecule has 1 spiro atoms.